The van der Waals surface area contributed by atoms with Gasteiger partial charge >= 0.3 is 5.00 Å². The van der Waals surface area contributed by atoms with E-state index >= 15 is 0 Å². The molecule has 0 radical (unpaired) electrons. The highest BCUT2D eigenvalue weighted by molar-refractivity contribution is 7.19. The number of aromatic nitrogens is 5. The van der Waals surface area contributed by atoms with E-state index in [2.05, 4.69) is 45.8 Å². The number of likely N-dealkylation sites (tertiary alicyclic amines) is 1. The normalized spacial score (nSPS) is 14.6. The molecular formula is C56H75F2N13O12S. The van der Waals surface area contributed by atoms with Crippen molar-refractivity contribution >= 4 is 68.0 Å². The zero-order valence-corrected chi connectivity index (χ0v) is 48.8. The molecule has 3 aliphatic heterocycles. The van der Waals surface area contributed by atoms with E-state index in [1.165, 1.54) is 19.9 Å². The van der Waals surface area contributed by atoms with Crippen molar-refractivity contribution in [1.29, 1.82) is 0 Å². The van der Waals surface area contributed by atoms with Gasteiger partial charge in [0.25, 0.3) is 12.3 Å². The Hall–Kier alpha value is -7.05. The van der Waals surface area contributed by atoms with Crippen molar-refractivity contribution in [2.75, 3.05) is 146 Å². The molecule has 84 heavy (non-hydrogen) atoms. The number of thiazole rings is 1. The van der Waals surface area contributed by atoms with Crippen molar-refractivity contribution in [3.05, 3.63) is 86.5 Å². The Morgan fingerprint density at radius 2 is 1.49 bits per heavy atom. The van der Waals surface area contributed by atoms with Crippen molar-refractivity contribution in [2.24, 2.45) is 7.05 Å². The van der Waals surface area contributed by atoms with E-state index in [9.17, 15) is 38.1 Å². The van der Waals surface area contributed by atoms with Gasteiger partial charge in [-0.1, -0.05) is 0 Å². The topological polar surface area (TPSA) is 273 Å². The summed E-state index contributed by atoms with van der Waals surface area (Å²) in [6.07, 6.45) is 4.47. The highest BCUT2D eigenvalue weighted by atomic mass is 32.1. The number of carbonyl (C=O) groups excluding carboxylic acids is 4. The molecule has 28 heteroatoms. The summed E-state index contributed by atoms with van der Waals surface area (Å²) in [5, 5.41) is 31.9. The molecule has 25 nitrogen and oxygen atoms in total. The smallest absolute Gasteiger partial charge is 0.348 e. The number of carbonyl (C=O) groups is 4. The highest BCUT2D eigenvalue weighted by Crippen LogP contribution is 2.44. The molecule has 456 valence electrons. The largest absolute Gasteiger partial charge is 0.383 e. The summed E-state index contributed by atoms with van der Waals surface area (Å²) in [4.78, 5) is 71.1. The minimum absolute atomic E-state index is 0.0164. The molecule has 0 saturated carbocycles. The van der Waals surface area contributed by atoms with Crippen LogP contribution in [-0.2, 0) is 69.2 Å². The van der Waals surface area contributed by atoms with Crippen molar-refractivity contribution in [3.8, 4) is 11.1 Å². The number of rotatable bonds is 32. The lowest BCUT2D eigenvalue weighted by Crippen LogP contribution is -2.43. The summed E-state index contributed by atoms with van der Waals surface area (Å²) in [6.45, 7) is 13.1. The van der Waals surface area contributed by atoms with Crippen molar-refractivity contribution in [1.82, 2.24) is 39.7 Å². The standard InChI is InChI=1S/C56H75F2N13O12S/c1-37-55(71(76)77)84-56(62-37)64-54(75)44-8-7-42(31-48(44)63-38(2)72)59-12-18-78-20-22-80-24-26-82-28-29-83-27-25-81-23-21-79-19-13-60-51(74)36-67-15-9-43(10-16-67)70-49-11-17-68(39(3)73)35-47(49)53(65-70)69-14-5-6-40-30-45(41-33-61-66(4)34-41)46(52(57)58)32-50(40)69/h7-8,30-34,43,52,59H,5-6,9-29,35-36H2,1-4H3,(H,60,74)(H,63,72)(H,62,64,75). The van der Waals surface area contributed by atoms with Crippen molar-refractivity contribution in [3.63, 3.8) is 0 Å². The van der Waals surface area contributed by atoms with E-state index < -0.39 is 17.3 Å². The van der Waals surface area contributed by atoms with Gasteiger partial charge in [0.2, 0.25) is 17.7 Å². The van der Waals surface area contributed by atoms with Crippen LogP contribution in [0.4, 0.5) is 41.8 Å². The molecule has 6 heterocycles. The molecule has 8 rings (SSSR count). The summed E-state index contributed by atoms with van der Waals surface area (Å²) in [5.74, 6) is -0.324. The fraction of sp³-hybridized carbons (Fsp3) is 0.554. The minimum Gasteiger partial charge on any atom is -0.383 e. The molecule has 4 N–H and O–H groups in total. The third-order valence-electron chi connectivity index (χ3n) is 14.4. The number of nitro groups is 1. The number of anilines is 5. The fourth-order valence-corrected chi connectivity index (χ4v) is 11.1. The third kappa shape index (κ3) is 17.5. The molecule has 0 unspecified atom stereocenters. The number of nitrogens with one attached hydrogen (secondary N) is 4. The first kappa shape index (κ1) is 63.0. The number of halogens is 2. The number of fused-ring (bicyclic) bond motifs is 2. The summed E-state index contributed by atoms with van der Waals surface area (Å²) >= 11 is 0.749. The number of hydrogen-bond donors (Lipinski definition) is 4. The molecule has 1 fully saturated rings. The molecule has 0 aliphatic carbocycles. The first-order valence-electron chi connectivity index (χ1n) is 28.2. The van der Waals surface area contributed by atoms with Gasteiger partial charge in [0.1, 0.15) is 5.69 Å². The molecular weight excluding hydrogens is 1120 g/mol. The van der Waals surface area contributed by atoms with E-state index in [1.807, 2.05) is 11.0 Å². The van der Waals surface area contributed by atoms with Crippen LogP contribution in [0.5, 0.6) is 0 Å². The third-order valence-corrected chi connectivity index (χ3v) is 15.4. The van der Waals surface area contributed by atoms with Crippen LogP contribution in [-0.4, -0.2) is 188 Å². The van der Waals surface area contributed by atoms with E-state index in [-0.39, 0.29) is 62.9 Å². The molecule has 0 bridgehead atoms. The predicted octanol–water partition coefficient (Wildman–Crippen LogP) is 6.06. The van der Waals surface area contributed by atoms with E-state index in [1.54, 1.807) is 49.2 Å². The molecule has 4 amide bonds. The summed E-state index contributed by atoms with van der Waals surface area (Å²) in [7, 11) is 1.77. The second kappa shape index (κ2) is 31.2. The number of piperidine rings is 1. The molecule has 5 aromatic rings. The number of benzene rings is 2. The Kier molecular flexibility index (Phi) is 23.4. The number of amides is 4. The summed E-state index contributed by atoms with van der Waals surface area (Å²) in [5.41, 5.74) is 6.08. The van der Waals surface area contributed by atoms with Crippen LogP contribution in [0.25, 0.3) is 11.1 Å². The molecule has 2 aromatic carbocycles. The molecule has 0 atom stereocenters. The predicted molar refractivity (Wildman–Crippen MR) is 309 cm³/mol. The Labute approximate surface area is 489 Å². The number of alkyl halides is 2. The van der Waals surface area contributed by atoms with Gasteiger partial charge < -0.3 is 54.2 Å². The maximum absolute atomic E-state index is 14.7. The van der Waals surface area contributed by atoms with Crippen molar-refractivity contribution in [2.45, 2.75) is 71.9 Å². The van der Waals surface area contributed by atoms with Gasteiger partial charge in [-0.3, -0.25) is 48.9 Å². The van der Waals surface area contributed by atoms with Crippen molar-refractivity contribution < 1.29 is 61.3 Å². The number of aryl methyl sites for hydroxylation is 3. The number of hydrogen-bond acceptors (Lipinski definition) is 19. The second-order valence-electron chi connectivity index (χ2n) is 20.4. The summed E-state index contributed by atoms with van der Waals surface area (Å²) in [6, 6.07) is 8.40. The SMILES string of the molecule is CC(=O)Nc1cc(NCCOCCOCCOCCOCCOCCOCCNC(=O)CN2CCC(n3nc(N4CCCc5cc(-c6cnn(C)c6)c(C(F)F)cc54)c4c3CCN(C(C)=O)C4)CC2)ccc1C(=O)Nc1nc(C)c([N+](=O)[O-])s1. The van der Waals surface area contributed by atoms with Crippen LogP contribution < -0.4 is 26.2 Å². The summed E-state index contributed by atoms with van der Waals surface area (Å²) < 4.78 is 66.7. The van der Waals surface area contributed by atoms with Gasteiger partial charge in [0, 0.05) is 107 Å². The van der Waals surface area contributed by atoms with Gasteiger partial charge in [-0.25, -0.2) is 13.8 Å². The number of nitrogens with zero attached hydrogens (tertiary/aromatic N) is 9. The van der Waals surface area contributed by atoms with Gasteiger partial charge in [0.05, 0.1) is 121 Å². The van der Waals surface area contributed by atoms with Crippen LogP contribution in [0.1, 0.15) is 84.0 Å². The molecule has 1 saturated heterocycles. The van der Waals surface area contributed by atoms with E-state index in [0.29, 0.717) is 148 Å². The Morgan fingerprint density at radius 1 is 0.833 bits per heavy atom. The van der Waals surface area contributed by atoms with E-state index in [4.69, 9.17) is 33.5 Å². The zero-order chi connectivity index (χ0) is 59.5. The fourth-order valence-electron chi connectivity index (χ4n) is 10.3. The van der Waals surface area contributed by atoms with Crippen LogP contribution in [0, 0.1) is 17.0 Å². The van der Waals surface area contributed by atoms with Gasteiger partial charge in [-0.15, -0.1) is 0 Å². The minimum atomic E-state index is -2.69. The average molecular weight is 1190 g/mol. The maximum Gasteiger partial charge on any atom is 0.348 e. The Balaban J connectivity index is 0.628. The van der Waals surface area contributed by atoms with Gasteiger partial charge in [-0.05, 0) is 85.4 Å². The lowest BCUT2D eigenvalue weighted by atomic mass is 9.92. The van der Waals surface area contributed by atoms with Crippen LogP contribution in [0.2, 0.25) is 0 Å². The first-order chi connectivity index (χ1) is 40.6. The average Bonchev–Trinajstić information content (AvgIpc) is 1.84. The van der Waals surface area contributed by atoms with Crippen LogP contribution >= 0.6 is 11.3 Å². The molecule has 3 aromatic heterocycles. The second-order valence-corrected chi connectivity index (χ2v) is 21.4. The molecule has 0 spiro atoms. The Bertz CT molecular complexity index is 3040. The van der Waals surface area contributed by atoms with Gasteiger partial charge in [0.15, 0.2) is 10.9 Å². The van der Waals surface area contributed by atoms with Crippen LogP contribution in [0.15, 0.2) is 42.7 Å². The first-order valence-corrected chi connectivity index (χ1v) is 29.1. The number of ether oxygens (including phenoxy) is 6. The van der Waals surface area contributed by atoms with Crippen LogP contribution in [0.3, 0.4) is 0 Å². The maximum atomic E-state index is 14.7. The quantitative estimate of drug-likeness (QED) is 0.0216. The monoisotopic (exact) mass is 1190 g/mol. The highest BCUT2D eigenvalue weighted by Gasteiger charge is 2.35. The zero-order valence-electron chi connectivity index (χ0n) is 48.0. The Morgan fingerprint density at radius 3 is 2.08 bits per heavy atom. The molecule has 3 aliphatic rings. The van der Waals surface area contributed by atoms with E-state index in [0.717, 1.165) is 65.3 Å². The van der Waals surface area contributed by atoms with Gasteiger partial charge in [-0.2, -0.15) is 10.2 Å². The lowest BCUT2D eigenvalue weighted by Gasteiger charge is -2.33. The lowest BCUT2D eigenvalue weighted by molar-refractivity contribution is -0.380.